The predicted octanol–water partition coefficient (Wildman–Crippen LogP) is 1.01. The number of hydrogen-bond donors (Lipinski definition) is 2. The van der Waals surface area contributed by atoms with Crippen molar-refractivity contribution in [1.29, 1.82) is 0 Å². The number of hydrogen-bond acceptors (Lipinski definition) is 3. The number of halogens is 1. The Balaban J connectivity index is 3.07. The molecule has 0 saturated carbocycles. The minimum Gasteiger partial charge on any atom is -0.506 e. The van der Waals surface area contributed by atoms with Gasteiger partial charge in [0.2, 0.25) is 0 Å². The summed E-state index contributed by atoms with van der Waals surface area (Å²) in [5.74, 6) is 0.143. The normalized spacial score (nSPS) is 9.80. The summed E-state index contributed by atoms with van der Waals surface area (Å²) in [6.07, 6.45) is 1.37. The third-order valence-electron chi connectivity index (χ3n) is 1.10. The Morgan fingerprint density at radius 1 is 1.70 bits per heavy atom. The number of pyridine rings is 1. The van der Waals surface area contributed by atoms with E-state index in [1.165, 1.54) is 6.20 Å². The van der Waals surface area contributed by atoms with Gasteiger partial charge in [0.15, 0.2) is 0 Å². The van der Waals surface area contributed by atoms with Crippen LogP contribution in [0.1, 0.15) is 5.69 Å². The minimum atomic E-state index is 0.143. The smallest absolute Gasteiger partial charge is 0.135 e. The van der Waals surface area contributed by atoms with Crippen LogP contribution in [0.2, 0.25) is 0 Å². The van der Waals surface area contributed by atoms with Crippen LogP contribution >= 0.6 is 15.9 Å². The van der Waals surface area contributed by atoms with Gasteiger partial charge < -0.3 is 10.8 Å². The van der Waals surface area contributed by atoms with Crippen molar-refractivity contribution < 1.29 is 5.11 Å². The Labute approximate surface area is 67.0 Å². The van der Waals surface area contributed by atoms with Crippen molar-refractivity contribution in [2.45, 2.75) is 6.54 Å². The van der Waals surface area contributed by atoms with Crippen molar-refractivity contribution in [3.8, 4) is 5.75 Å². The summed E-state index contributed by atoms with van der Waals surface area (Å²) in [4.78, 5) is 3.87. The van der Waals surface area contributed by atoms with Gasteiger partial charge in [0.25, 0.3) is 0 Å². The zero-order valence-corrected chi connectivity index (χ0v) is 6.80. The zero-order chi connectivity index (χ0) is 7.56. The topological polar surface area (TPSA) is 59.1 Å². The lowest BCUT2D eigenvalue weighted by atomic mass is 10.3. The second kappa shape index (κ2) is 2.98. The van der Waals surface area contributed by atoms with Crippen molar-refractivity contribution in [3.63, 3.8) is 0 Å². The number of aromatic hydroxyl groups is 1. The molecule has 1 heterocycles. The van der Waals surface area contributed by atoms with Gasteiger partial charge in [0, 0.05) is 11.0 Å². The zero-order valence-electron chi connectivity index (χ0n) is 5.21. The molecule has 0 fully saturated rings. The first-order chi connectivity index (χ1) is 4.74. The van der Waals surface area contributed by atoms with Crippen LogP contribution in [0.15, 0.2) is 16.7 Å². The van der Waals surface area contributed by atoms with E-state index >= 15 is 0 Å². The van der Waals surface area contributed by atoms with Crippen molar-refractivity contribution in [2.24, 2.45) is 5.73 Å². The third-order valence-corrected chi connectivity index (χ3v) is 1.78. The first-order valence-corrected chi connectivity index (χ1v) is 3.57. The van der Waals surface area contributed by atoms with Gasteiger partial charge in [-0.05, 0) is 22.0 Å². The van der Waals surface area contributed by atoms with Crippen molar-refractivity contribution in [1.82, 2.24) is 4.98 Å². The van der Waals surface area contributed by atoms with Crippen LogP contribution in [0.4, 0.5) is 0 Å². The summed E-state index contributed by atoms with van der Waals surface area (Å²) >= 11 is 3.20. The number of nitrogens with two attached hydrogens (primary N) is 1. The van der Waals surface area contributed by atoms with Crippen LogP contribution in [-0.4, -0.2) is 10.1 Å². The molecule has 3 N–H and O–H groups in total. The Hall–Kier alpha value is -0.610. The van der Waals surface area contributed by atoms with E-state index in [0.29, 0.717) is 6.54 Å². The molecule has 0 unspecified atom stereocenters. The lowest BCUT2D eigenvalue weighted by Crippen LogP contribution is -1.99. The highest BCUT2D eigenvalue weighted by molar-refractivity contribution is 9.10. The summed E-state index contributed by atoms with van der Waals surface area (Å²) in [5, 5.41) is 8.90. The fourth-order valence-electron chi connectivity index (χ4n) is 0.606. The first-order valence-electron chi connectivity index (χ1n) is 2.77. The summed E-state index contributed by atoms with van der Waals surface area (Å²) in [6, 6.07) is 1.56. The van der Waals surface area contributed by atoms with Crippen LogP contribution in [0.5, 0.6) is 5.75 Å². The monoisotopic (exact) mass is 202 g/mol. The maximum absolute atomic E-state index is 8.90. The molecule has 0 bridgehead atoms. The van der Waals surface area contributed by atoms with Gasteiger partial charge in [0.05, 0.1) is 11.9 Å². The first kappa shape index (κ1) is 7.50. The van der Waals surface area contributed by atoms with Gasteiger partial charge in [-0.25, -0.2) is 0 Å². The van der Waals surface area contributed by atoms with Gasteiger partial charge in [-0.2, -0.15) is 0 Å². The van der Waals surface area contributed by atoms with Crippen LogP contribution in [-0.2, 0) is 6.54 Å². The Morgan fingerprint density at radius 2 is 2.40 bits per heavy atom. The molecule has 10 heavy (non-hydrogen) atoms. The molecule has 54 valence electrons. The third kappa shape index (κ3) is 1.46. The molecular formula is C6H7BrN2O. The Bertz CT molecular complexity index is 239. The van der Waals surface area contributed by atoms with Gasteiger partial charge in [-0.3, -0.25) is 4.98 Å². The van der Waals surface area contributed by atoms with Gasteiger partial charge in [-0.1, -0.05) is 0 Å². The molecule has 0 aliphatic heterocycles. The SMILES string of the molecule is NCc1ncc(O)cc1Br. The summed E-state index contributed by atoms with van der Waals surface area (Å²) < 4.78 is 0.745. The van der Waals surface area contributed by atoms with E-state index in [2.05, 4.69) is 20.9 Å². The lowest BCUT2D eigenvalue weighted by molar-refractivity contribution is 0.471. The summed E-state index contributed by atoms with van der Waals surface area (Å²) in [5.41, 5.74) is 6.07. The van der Waals surface area contributed by atoms with E-state index in [0.717, 1.165) is 10.2 Å². The standard InChI is InChI=1S/C6H7BrN2O/c7-5-1-4(10)3-9-6(5)2-8/h1,3,10H,2,8H2. The second-order valence-corrected chi connectivity index (χ2v) is 2.68. The minimum absolute atomic E-state index is 0.143. The maximum Gasteiger partial charge on any atom is 0.135 e. The molecule has 0 saturated heterocycles. The molecule has 0 aliphatic carbocycles. The molecule has 1 aromatic rings. The van der Waals surface area contributed by atoms with Gasteiger partial charge in [0.1, 0.15) is 5.75 Å². The molecule has 0 spiro atoms. The van der Waals surface area contributed by atoms with E-state index in [1.807, 2.05) is 0 Å². The quantitative estimate of drug-likeness (QED) is 0.715. The van der Waals surface area contributed by atoms with E-state index in [1.54, 1.807) is 6.07 Å². The fraction of sp³-hybridized carbons (Fsp3) is 0.167. The highest BCUT2D eigenvalue weighted by atomic mass is 79.9. The molecule has 0 radical (unpaired) electrons. The average Bonchev–Trinajstić information content (AvgIpc) is 1.88. The summed E-state index contributed by atoms with van der Waals surface area (Å²) in [6.45, 7) is 0.376. The van der Waals surface area contributed by atoms with Crippen LogP contribution in [0, 0.1) is 0 Å². The van der Waals surface area contributed by atoms with Crippen molar-refractivity contribution in [3.05, 3.63) is 22.4 Å². The van der Waals surface area contributed by atoms with Crippen molar-refractivity contribution >= 4 is 15.9 Å². The molecule has 1 aromatic heterocycles. The fourth-order valence-corrected chi connectivity index (χ4v) is 1.11. The molecule has 1 rings (SSSR count). The Kier molecular flexibility index (Phi) is 2.24. The number of nitrogens with zero attached hydrogens (tertiary/aromatic N) is 1. The molecule has 0 atom stereocenters. The van der Waals surface area contributed by atoms with E-state index in [4.69, 9.17) is 10.8 Å². The average molecular weight is 203 g/mol. The Morgan fingerprint density at radius 3 is 2.90 bits per heavy atom. The predicted molar refractivity (Wildman–Crippen MR) is 41.5 cm³/mol. The van der Waals surface area contributed by atoms with Gasteiger partial charge in [-0.15, -0.1) is 0 Å². The lowest BCUT2D eigenvalue weighted by Gasteiger charge is -1.98. The highest BCUT2D eigenvalue weighted by Crippen LogP contribution is 2.18. The molecule has 4 heteroatoms. The van der Waals surface area contributed by atoms with Crippen LogP contribution in [0.3, 0.4) is 0 Å². The van der Waals surface area contributed by atoms with E-state index < -0.39 is 0 Å². The number of aromatic nitrogens is 1. The molecule has 3 nitrogen and oxygen atoms in total. The number of rotatable bonds is 1. The molecular weight excluding hydrogens is 196 g/mol. The molecule has 0 aromatic carbocycles. The summed E-state index contributed by atoms with van der Waals surface area (Å²) in [7, 11) is 0. The highest BCUT2D eigenvalue weighted by Gasteiger charge is 1.98. The van der Waals surface area contributed by atoms with Crippen LogP contribution in [0.25, 0.3) is 0 Å². The van der Waals surface area contributed by atoms with Gasteiger partial charge >= 0.3 is 0 Å². The molecule has 0 aliphatic rings. The second-order valence-electron chi connectivity index (χ2n) is 1.83. The van der Waals surface area contributed by atoms with E-state index in [-0.39, 0.29) is 5.75 Å². The largest absolute Gasteiger partial charge is 0.506 e. The van der Waals surface area contributed by atoms with E-state index in [9.17, 15) is 0 Å². The maximum atomic E-state index is 8.90. The van der Waals surface area contributed by atoms with Crippen molar-refractivity contribution in [2.75, 3.05) is 0 Å². The van der Waals surface area contributed by atoms with Crippen LogP contribution < -0.4 is 5.73 Å². The molecule has 0 amide bonds.